The van der Waals surface area contributed by atoms with Gasteiger partial charge in [0.05, 0.1) is 0 Å². The molecule has 0 saturated heterocycles. The minimum atomic E-state index is -3.17. The molecule has 0 aliphatic carbocycles. The largest absolute Gasteiger partial charge is 1.00 e. The first-order valence-electron chi connectivity index (χ1n) is 2.76. The third-order valence-electron chi connectivity index (χ3n) is 0. The summed E-state index contributed by atoms with van der Waals surface area (Å²) in [5, 5.41) is 66.4. The maximum absolute atomic E-state index is 9.89. The van der Waals surface area contributed by atoms with Crippen LogP contribution in [-0.4, -0.2) is 29.6 Å². The van der Waals surface area contributed by atoms with Crippen LogP contribution in [0, 0.1) is 0 Å². The molecule has 96 valence electrons. The van der Waals surface area contributed by atoms with Gasteiger partial charge in [-0.3, -0.25) is 0 Å². The van der Waals surface area contributed by atoms with E-state index in [1.807, 2.05) is 0 Å². The second-order valence-electron chi connectivity index (χ2n) is 1.10. The summed E-state index contributed by atoms with van der Waals surface area (Å²) in [7, 11) is -12.7. The van der Waals surface area contributed by atoms with Crippen LogP contribution in [-0.2, 0) is 0 Å². The fourth-order valence-electron chi connectivity index (χ4n) is 0. The second kappa shape index (κ2) is 69.8. The molecule has 0 aliphatic rings. The SMILES string of the molecule is [Na+].[Na+].[Na+].[Na+].[Na+].[Na+].[Na+].[Na+].[O-]B([O-])F.[O-]B([O-])F.[O-]B([O-])F.[O-]B([O-])F. The molecule has 0 spiro atoms. The van der Waals surface area contributed by atoms with Crippen molar-refractivity contribution in [3.8, 4) is 0 Å². The summed E-state index contributed by atoms with van der Waals surface area (Å²) in [5.74, 6) is 0. The zero-order valence-corrected chi connectivity index (χ0v) is 31.1. The van der Waals surface area contributed by atoms with Gasteiger partial charge in [0.15, 0.2) is 0 Å². The Hall–Kier alpha value is 7.66. The molecule has 0 aromatic carbocycles. The number of halogens is 4. The maximum atomic E-state index is 9.89. The van der Waals surface area contributed by atoms with Crippen LogP contribution in [0.1, 0.15) is 0 Å². The molecule has 0 aliphatic heterocycles. The predicted molar refractivity (Wildman–Crippen MR) is 27.4 cm³/mol. The minimum Gasteiger partial charge on any atom is -0.867 e. The molecule has 24 heavy (non-hydrogen) atoms. The van der Waals surface area contributed by atoms with Crippen molar-refractivity contribution in [2.24, 2.45) is 0 Å². The number of rotatable bonds is 0. The zero-order valence-electron chi connectivity index (χ0n) is 15.1. The Labute approximate surface area is 315 Å². The van der Waals surface area contributed by atoms with Crippen LogP contribution < -0.4 is 277 Å². The molecular formula is B4F4Na8O8. The van der Waals surface area contributed by atoms with Gasteiger partial charge in [-0.05, 0) is 0 Å². The van der Waals surface area contributed by atoms with E-state index >= 15 is 0 Å². The smallest absolute Gasteiger partial charge is 0.867 e. The fourth-order valence-corrected chi connectivity index (χ4v) is 0. The monoisotopic (exact) mass is 432 g/mol. The summed E-state index contributed by atoms with van der Waals surface area (Å²) >= 11 is 0. The average Bonchev–Trinajstić information content (AvgIpc) is 1.76. The van der Waals surface area contributed by atoms with E-state index in [2.05, 4.69) is 0 Å². The molecule has 0 bridgehead atoms. The molecule has 0 aromatic rings. The van der Waals surface area contributed by atoms with Crippen molar-refractivity contribution in [2.45, 2.75) is 0 Å². The van der Waals surface area contributed by atoms with E-state index in [0.717, 1.165) is 0 Å². The Morgan fingerprint density at radius 2 is 0.292 bits per heavy atom. The fraction of sp³-hybridized carbons (Fsp3) is 0. The third-order valence-corrected chi connectivity index (χ3v) is 0. The van der Waals surface area contributed by atoms with Crippen LogP contribution in [0.2, 0.25) is 0 Å². The Bertz CT molecular complexity index is 89.1. The van der Waals surface area contributed by atoms with Gasteiger partial charge in [0.2, 0.25) is 0 Å². The summed E-state index contributed by atoms with van der Waals surface area (Å²) in [6, 6.07) is 0. The summed E-state index contributed by atoms with van der Waals surface area (Å²) in [4.78, 5) is 0. The molecule has 0 N–H and O–H groups in total. The number of hydrogen-bond acceptors (Lipinski definition) is 8. The first-order chi connectivity index (χ1) is 6.93. The Balaban J connectivity index is -0.00000000720. The van der Waals surface area contributed by atoms with Gasteiger partial charge >= 0.3 is 236 Å². The maximum Gasteiger partial charge on any atom is 1.00 e. The Morgan fingerprint density at radius 1 is 0.292 bits per heavy atom. The minimum absolute atomic E-state index is 0. The molecule has 0 rings (SSSR count). The molecular weight excluding hydrogens is 431 g/mol. The summed E-state index contributed by atoms with van der Waals surface area (Å²) in [6.07, 6.45) is 0. The standard InChI is InChI=1S/4BFO2.8Na/c4*2-1(3)4;;;;;;;;/q4*-2;8*+1. The van der Waals surface area contributed by atoms with Crippen molar-refractivity contribution in [1.82, 2.24) is 0 Å². The van der Waals surface area contributed by atoms with E-state index in [1.165, 1.54) is 0 Å². The molecule has 8 nitrogen and oxygen atoms in total. The van der Waals surface area contributed by atoms with Crippen LogP contribution >= 0.6 is 0 Å². The Morgan fingerprint density at radius 3 is 0.292 bits per heavy atom. The van der Waals surface area contributed by atoms with Crippen molar-refractivity contribution < 1.29 is 294 Å². The average molecular weight is 431 g/mol. The molecule has 0 aromatic heterocycles. The van der Waals surface area contributed by atoms with E-state index in [9.17, 15) is 17.3 Å². The van der Waals surface area contributed by atoms with E-state index < -0.39 is 29.6 Å². The van der Waals surface area contributed by atoms with Gasteiger partial charge in [-0.1, -0.05) is 0 Å². The van der Waals surface area contributed by atoms with Crippen LogP contribution in [0.5, 0.6) is 0 Å². The zero-order chi connectivity index (χ0) is 14.3. The molecule has 0 radical (unpaired) electrons. The molecule has 0 atom stereocenters. The molecule has 0 unspecified atom stereocenters. The first-order valence-corrected chi connectivity index (χ1v) is 2.76. The summed E-state index contributed by atoms with van der Waals surface area (Å²) < 4.78 is 39.6. The quantitative estimate of drug-likeness (QED) is 0.267. The van der Waals surface area contributed by atoms with Gasteiger partial charge in [0.25, 0.3) is 0 Å². The molecule has 24 heteroatoms. The predicted octanol–water partition coefficient (Wildman–Crippen LogP) is -33.3. The van der Waals surface area contributed by atoms with E-state index in [4.69, 9.17) is 40.2 Å². The van der Waals surface area contributed by atoms with Crippen molar-refractivity contribution in [3.63, 3.8) is 0 Å². The molecule has 0 saturated carbocycles. The van der Waals surface area contributed by atoms with Gasteiger partial charge < -0.3 is 57.5 Å². The second-order valence-corrected chi connectivity index (χ2v) is 1.10. The molecule has 0 amide bonds. The summed E-state index contributed by atoms with van der Waals surface area (Å²) in [5.41, 5.74) is 0. The normalized spacial score (nSPS) is 4.50. The van der Waals surface area contributed by atoms with Crippen LogP contribution in [0.3, 0.4) is 0 Å². The van der Waals surface area contributed by atoms with Crippen LogP contribution in [0.15, 0.2) is 0 Å². The van der Waals surface area contributed by atoms with E-state index in [-0.39, 0.29) is 236 Å². The van der Waals surface area contributed by atoms with Crippen LogP contribution in [0.4, 0.5) is 17.3 Å². The van der Waals surface area contributed by atoms with Gasteiger partial charge in [-0.2, -0.15) is 0 Å². The summed E-state index contributed by atoms with van der Waals surface area (Å²) in [6.45, 7) is 0. The van der Waals surface area contributed by atoms with Crippen molar-refractivity contribution >= 4 is 29.6 Å². The van der Waals surface area contributed by atoms with Crippen LogP contribution in [0.25, 0.3) is 0 Å². The van der Waals surface area contributed by atoms with E-state index in [0.29, 0.717) is 0 Å². The Kier molecular flexibility index (Phi) is 224. The van der Waals surface area contributed by atoms with Crippen molar-refractivity contribution in [1.29, 1.82) is 0 Å². The van der Waals surface area contributed by atoms with Gasteiger partial charge in [-0.15, -0.1) is 0 Å². The number of hydrogen-bond donors (Lipinski definition) is 0. The van der Waals surface area contributed by atoms with Crippen molar-refractivity contribution in [3.05, 3.63) is 0 Å². The first kappa shape index (κ1) is 77.0. The van der Waals surface area contributed by atoms with Gasteiger partial charge in [0.1, 0.15) is 29.6 Å². The van der Waals surface area contributed by atoms with Gasteiger partial charge in [0, 0.05) is 0 Å². The molecule has 0 fully saturated rings. The van der Waals surface area contributed by atoms with Crippen molar-refractivity contribution in [2.75, 3.05) is 0 Å². The molecule has 0 heterocycles. The third kappa shape index (κ3) is 415. The topological polar surface area (TPSA) is 184 Å². The van der Waals surface area contributed by atoms with Gasteiger partial charge in [-0.25, -0.2) is 0 Å². The van der Waals surface area contributed by atoms with E-state index in [1.54, 1.807) is 0 Å².